The second kappa shape index (κ2) is 2.78. The van der Waals surface area contributed by atoms with Crippen molar-refractivity contribution >= 4 is 23.2 Å². The van der Waals surface area contributed by atoms with Crippen LogP contribution in [0, 0.1) is 0 Å². The molecule has 2 nitrogen and oxygen atoms in total. The van der Waals surface area contributed by atoms with Gasteiger partial charge in [-0.15, -0.1) is 0 Å². The first-order chi connectivity index (χ1) is 6.37. The van der Waals surface area contributed by atoms with Crippen LogP contribution in [0.15, 0.2) is 12.3 Å². The largest absolute Gasteiger partial charge is 0.316 e. The van der Waals surface area contributed by atoms with Crippen molar-refractivity contribution in [2.45, 2.75) is 17.9 Å². The Morgan fingerprint density at radius 2 is 2.00 bits per heavy atom. The molecule has 0 bridgehead atoms. The summed E-state index contributed by atoms with van der Waals surface area (Å²) in [6.07, 6.45) is 0.856. The van der Waals surface area contributed by atoms with E-state index >= 15 is 0 Å². The van der Waals surface area contributed by atoms with Gasteiger partial charge >= 0.3 is 0 Å². The summed E-state index contributed by atoms with van der Waals surface area (Å²) >= 11 is 11.2. The maximum atomic E-state index is 12.9. The lowest BCUT2D eigenvalue weighted by atomic mass is 10.1. The third kappa shape index (κ3) is 1.29. The van der Waals surface area contributed by atoms with Crippen molar-refractivity contribution in [2.75, 3.05) is 0 Å². The van der Waals surface area contributed by atoms with Crippen molar-refractivity contribution in [3.63, 3.8) is 0 Å². The van der Waals surface area contributed by atoms with Crippen molar-refractivity contribution in [1.29, 1.82) is 0 Å². The van der Waals surface area contributed by atoms with E-state index in [2.05, 4.69) is 4.98 Å². The molecule has 0 spiro atoms. The molecule has 0 aliphatic heterocycles. The standard InChI is InChI=1S/C8H6Cl2F2N2/c9-5-1-4(2-14-6(5)10)7(13)3-8(7,11)12/h1-2H,3,13H2. The first kappa shape index (κ1) is 10.1. The molecular formula is C8H6Cl2F2N2. The Morgan fingerprint density at radius 3 is 2.43 bits per heavy atom. The molecular weight excluding hydrogens is 233 g/mol. The van der Waals surface area contributed by atoms with Gasteiger partial charge in [-0.3, -0.25) is 0 Å². The lowest BCUT2D eigenvalue weighted by Crippen LogP contribution is -2.27. The molecule has 14 heavy (non-hydrogen) atoms. The number of hydrogen-bond donors (Lipinski definition) is 1. The molecule has 2 rings (SSSR count). The molecule has 0 aromatic carbocycles. The topological polar surface area (TPSA) is 38.9 Å². The summed E-state index contributed by atoms with van der Waals surface area (Å²) in [6, 6.07) is 1.33. The monoisotopic (exact) mass is 238 g/mol. The van der Waals surface area contributed by atoms with Crippen LogP contribution >= 0.6 is 23.2 Å². The molecule has 76 valence electrons. The molecule has 1 atom stereocenters. The van der Waals surface area contributed by atoms with Crippen molar-refractivity contribution in [3.05, 3.63) is 28.0 Å². The zero-order chi connectivity index (χ0) is 10.6. The molecule has 1 aromatic heterocycles. The summed E-state index contributed by atoms with van der Waals surface area (Å²) < 4.78 is 25.7. The number of pyridine rings is 1. The van der Waals surface area contributed by atoms with E-state index in [1.807, 2.05) is 0 Å². The molecule has 1 heterocycles. The number of rotatable bonds is 1. The van der Waals surface area contributed by atoms with Crippen molar-refractivity contribution < 1.29 is 8.78 Å². The first-order valence-corrected chi connectivity index (χ1v) is 4.61. The molecule has 1 unspecified atom stereocenters. The van der Waals surface area contributed by atoms with Crippen LogP contribution in [0.4, 0.5) is 8.78 Å². The van der Waals surface area contributed by atoms with Crippen LogP contribution in [0.1, 0.15) is 12.0 Å². The summed E-state index contributed by atoms with van der Waals surface area (Å²) in [7, 11) is 0. The summed E-state index contributed by atoms with van der Waals surface area (Å²) in [5.74, 6) is -2.87. The van der Waals surface area contributed by atoms with Crippen LogP contribution in [0.3, 0.4) is 0 Å². The van der Waals surface area contributed by atoms with Crippen molar-refractivity contribution in [2.24, 2.45) is 5.73 Å². The van der Waals surface area contributed by atoms with E-state index in [4.69, 9.17) is 28.9 Å². The van der Waals surface area contributed by atoms with E-state index in [0.29, 0.717) is 0 Å². The minimum absolute atomic E-state index is 0.0861. The fraction of sp³-hybridized carbons (Fsp3) is 0.375. The third-order valence-electron chi connectivity index (χ3n) is 2.34. The van der Waals surface area contributed by atoms with Crippen LogP contribution in [0.25, 0.3) is 0 Å². The van der Waals surface area contributed by atoms with Gasteiger partial charge < -0.3 is 5.73 Å². The third-order valence-corrected chi connectivity index (χ3v) is 3.03. The van der Waals surface area contributed by atoms with Gasteiger partial charge in [-0.25, -0.2) is 13.8 Å². The Balaban J connectivity index is 2.40. The molecule has 6 heteroatoms. The number of alkyl halides is 2. The van der Waals surface area contributed by atoms with Crippen molar-refractivity contribution in [3.8, 4) is 0 Å². The van der Waals surface area contributed by atoms with Gasteiger partial charge in [-0.2, -0.15) is 0 Å². The van der Waals surface area contributed by atoms with Crippen LogP contribution in [0.5, 0.6) is 0 Å². The van der Waals surface area contributed by atoms with E-state index in [1.54, 1.807) is 0 Å². The fourth-order valence-corrected chi connectivity index (χ4v) is 1.55. The molecule has 1 saturated carbocycles. The van der Waals surface area contributed by atoms with Gasteiger partial charge in [0.2, 0.25) is 0 Å². The Kier molecular flexibility index (Phi) is 2.00. The zero-order valence-corrected chi connectivity index (χ0v) is 8.41. The van der Waals surface area contributed by atoms with Gasteiger partial charge in [-0.05, 0) is 11.6 Å². The van der Waals surface area contributed by atoms with Crippen molar-refractivity contribution in [1.82, 2.24) is 4.98 Å². The van der Waals surface area contributed by atoms with E-state index in [1.165, 1.54) is 12.3 Å². The van der Waals surface area contributed by atoms with Gasteiger partial charge in [0, 0.05) is 12.6 Å². The fourth-order valence-electron chi connectivity index (χ4n) is 1.28. The van der Waals surface area contributed by atoms with Gasteiger partial charge in [-0.1, -0.05) is 23.2 Å². The minimum Gasteiger partial charge on any atom is -0.316 e. The highest BCUT2D eigenvalue weighted by Gasteiger charge is 2.70. The average Bonchev–Trinajstić information content (AvgIpc) is 2.58. The van der Waals surface area contributed by atoms with Crippen LogP contribution in [-0.2, 0) is 5.54 Å². The van der Waals surface area contributed by atoms with Gasteiger partial charge in [0.15, 0.2) is 0 Å². The summed E-state index contributed by atoms with van der Waals surface area (Å²) in [6.45, 7) is 0. The molecule has 0 amide bonds. The summed E-state index contributed by atoms with van der Waals surface area (Å²) in [4.78, 5) is 3.67. The summed E-state index contributed by atoms with van der Waals surface area (Å²) in [5.41, 5.74) is 4.08. The van der Waals surface area contributed by atoms with E-state index in [0.717, 1.165) is 0 Å². The molecule has 1 aliphatic rings. The van der Waals surface area contributed by atoms with Gasteiger partial charge in [0.1, 0.15) is 10.7 Å². The maximum absolute atomic E-state index is 12.9. The second-order valence-electron chi connectivity index (χ2n) is 3.35. The number of nitrogens with zero attached hydrogens (tertiary/aromatic N) is 1. The maximum Gasteiger partial charge on any atom is 0.272 e. The van der Waals surface area contributed by atoms with E-state index < -0.39 is 11.5 Å². The predicted octanol–water partition coefficient (Wildman–Crippen LogP) is 2.58. The highest BCUT2D eigenvalue weighted by molar-refractivity contribution is 6.41. The quantitative estimate of drug-likeness (QED) is 0.765. The lowest BCUT2D eigenvalue weighted by molar-refractivity contribution is 0.0890. The highest BCUT2D eigenvalue weighted by atomic mass is 35.5. The molecule has 1 fully saturated rings. The minimum atomic E-state index is -2.87. The lowest BCUT2D eigenvalue weighted by Gasteiger charge is -2.10. The Labute approximate surface area is 89.0 Å². The van der Waals surface area contributed by atoms with E-state index in [9.17, 15) is 8.78 Å². The average molecular weight is 239 g/mol. The Bertz CT molecular complexity index is 397. The molecule has 0 saturated heterocycles. The normalized spacial score (nSPS) is 28.9. The highest BCUT2D eigenvalue weighted by Crippen LogP contribution is 2.57. The summed E-state index contributed by atoms with van der Waals surface area (Å²) in [5, 5.41) is 0.222. The SMILES string of the molecule is NC1(c2cnc(Cl)c(Cl)c2)CC1(F)F. The molecule has 0 radical (unpaired) electrons. The second-order valence-corrected chi connectivity index (χ2v) is 4.11. The van der Waals surface area contributed by atoms with E-state index in [-0.39, 0.29) is 22.2 Å². The van der Waals surface area contributed by atoms with Crippen LogP contribution < -0.4 is 5.73 Å². The van der Waals surface area contributed by atoms with Gasteiger partial charge in [0.05, 0.1) is 5.02 Å². The molecule has 1 aliphatic carbocycles. The number of nitrogens with two attached hydrogens (primary N) is 1. The number of hydrogen-bond acceptors (Lipinski definition) is 2. The van der Waals surface area contributed by atoms with Gasteiger partial charge in [0.25, 0.3) is 5.92 Å². The molecule has 2 N–H and O–H groups in total. The van der Waals surface area contributed by atoms with Crippen LogP contribution in [-0.4, -0.2) is 10.9 Å². The predicted molar refractivity (Wildman–Crippen MR) is 49.7 cm³/mol. The number of halogens is 4. The smallest absolute Gasteiger partial charge is 0.272 e. The molecule has 1 aromatic rings. The first-order valence-electron chi connectivity index (χ1n) is 3.85. The zero-order valence-electron chi connectivity index (χ0n) is 6.90. The van der Waals surface area contributed by atoms with Crippen LogP contribution in [0.2, 0.25) is 10.2 Å². The number of aromatic nitrogens is 1. The Morgan fingerprint density at radius 1 is 1.43 bits per heavy atom. The Hall–Kier alpha value is -0.450.